The molecule has 112 valence electrons. The standard InChI is InChI=1S/C19H21N3/c1-19(20,13-12-15-8-4-2-5-9-15)18-21-14-17(22-18)16-10-6-3-7-11-16/h2-11,14H,12-13,20H2,1H3,(H,21,22). The minimum atomic E-state index is -0.469. The molecule has 0 spiro atoms. The van der Waals surface area contributed by atoms with Crippen molar-refractivity contribution in [3.8, 4) is 11.3 Å². The van der Waals surface area contributed by atoms with E-state index in [-0.39, 0.29) is 0 Å². The Morgan fingerprint density at radius 2 is 1.64 bits per heavy atom. The highest BCUT2D eigenvalue weighted by atomic mass is 15.0. The number of nitrogens with zero attached hydrogens (tertiary/aromatic N) is 1. The second kappa shape index (κ2) is 6.16. The number of benzene rings is 2. The van der Waals surface area contributed by atoms with Crippen molar-refractivity contribution in [2.45, 2.75) is 25.3 Å². The van der Waals surface area contributed by atoms with Gasteiger partial charge in [-0.25, -0.2) is 4.98 Å². The highest BCUT2D eigenvalue weighted by Gasteiger charge is 2.24. The number of imidazole rings is 1. The van der Waals surface area contributed by atoms with E-state index in [9.17, 15) is 0 Å². The quantitative estimate of drug-likeness (QED) is 0.749. The summed E-state index contributed by atoms with van der Waals surface area (Å²) in [6.07, 6.45) is 3.65. The first-order valence-corrected chi connectivity index (χ1v) is 7.59. The monoisotopic (exact) mass is 291 g/mol. The first kappa shape index (κ1) is 14.5. The molecule has 1 aromatic heterocycles. The summed E-state index contributed by atoms with van der Waals surface area (Å²) in [6, 6.07) is 20.6. The predicted molar refractivity (Wildman–Crippen MR) is 90.3 cm³/mol. The lowest BCUT2D eigenvalue weighted by atomic mass is 9.93. The van der Waals surface area contributed by atoms with E-state index < -0.39 is 5.54 Å². The van der Waals surface area contributed by atoms with Gasteiger partial charge in [0, 0.05) is 0 Å². The fourth-order valence-electron chi connectivity index (χ4n) is 2.54. The van der Waals surface area contributed by atoms with Gasteiger partial charge < -0.3 is 10.7 Å². The maximum atomic E-state index is 6.48. The molecule has 1 unspecified atom stereocenters. The van der Waals surface area contributed by atoms with Crippen molar-refractivity contribution >= 4 is 0 Å². The number of H-pyrrole nitrogens is 1. The number of aromatic nitrogens is 2. The normalized spacial score (nSPS) is 13.7. The zero-order chi connectivity index (χ0) is 15.4. The van der Waals surface area contributed by atoms with E-state index in [0.717, 1.165) is 29.9 Å². The molecular formula is C19H21N3. The molecule has 0 radical (unpaired) electrons. The van der Waals surface area contributed by atoms with Gasteiger partial charge in [0.05, 0.1) is 17.4 Å². The van der Waals surface area contributed by atoms with E-state index in [0.29, 0.717) is 0 Å². The molecule has 1 heterocycles. The number of nitrogens with one attached hydrogen (secondary N) is 1. The van der Waals surface area contributed by atoms with Gasteiger partial charge >= 0.3 is 0 Å². The second-order valence-electron chi connectivity index (χ2n) is 5.91. The highest BCUT2D eigenvalue weighted by Crippen LogP contribution is 2.24. The lowest BCUT2D eigenvalue weighted by molar-refractivity contribution is 0.429. The fourth-order valence-corrected chi connectivity index (χ4v) is 2.54. The number of hydrogen-bond donors (Lipinski definition) is 2. The molecule has 0 aliphatic rings. The topological polar surface area (TPSA) is 54.7 Å². The molecule has 0 aliphatic carbocycles. The Kier molecular flexibility index (Phi) is 4.07. The van der Waals surface area contributed by atoms with E-state index in [1.165, 1.54) is 5.56 Å². The molecule has 1 atom stereocenters. The number of rotatable bonds is 5. The van der Waals surface area contributed by atoms with Crippen LogP contribution in [0.3, 0.4) is 0 Å². The van der Waals surface area contributed by atoms with E-state index >= 15 is 0 Å². The van der Waals surface area contributed by atoms with Crippen molar-refractivity contribution in [1.29, 1.82) is 0 Å². The van der Waals surface area contributed by atoms with Crippen molar-refractivity contribution in [1.82, 2.24) is 9.97 Å². The first-order chi connectivity index (χ1) is 10.6. The van der Waals surface area contributed by atoms with E-state index in [1.54, 1.807) is 0 Å². The Bertz CT molecular complexity index is 715. The average Bonchev–Trinajstić information content (AvgIpc) is 3.06. The summed E-state index contributed by atoms with van der Waals surface area (Å²) in [5, 5.41) is 0. The summed E-state index contributed by atoms with van der Waals surface area (Å²) in [7, 11) is 0. The smallest absolute Gasteiger partial charge is 0.126 e. The molecule has 0 amide bonds. The molecule has 0 aliphatic heterocycles. The van der Waals surface area contributed by atoms with Crippen LogP contribution in [0.2, 0.25) is 0 Å². The molecule has 3 N–H and O–H groups in total. The zero-order valence-corrected chi connectivity index (χ0v) is 12.8. The van der Waals surface area contributed by atoms with Crippen LogP contribution in [0.25, 0.3) is 11.3 Å². The van der Waals surface area contributed by atoms with Crippen LogP contribution in [0.5, 0.6) is 0 Å². The van der Waals surface area contributed by atoms with Crippen LogP contribution < -0.4 is 5.73 Å². The van der Waals surface area contributed by atoms with Crippen molar-refractivity contribution in [2.75, 3.05) is 0 Å². The molecule has 3 aromatic rings. The summed E-state index contributed by atoms with van der Waals surface area (Å²) in [5.41, 5.74) is 9.45. The van der Waals surface area contributed by atoms with Crippen molar-refractivity contribution in [2.24, 2.45) is 5.73 Å². The van der Waals surface area contributed by atoms with Gasteiger partial charge in [-0.3, -0.25) is 0 Å². The Morgan fingerprint density at radius 3 is 2.32 bits per heavy atom. The van der Waals surface area contributed by atoms with Gasteiger partial charge in [-0.2, -0.15) is 0 Å². The van der Waals surface area contributed by atoms with Crippen LogP contribution in [0.15, 0.2) is 66.9 Å². The van der Waals surface area contributed by atoms with Crippen LogP contribution >= 0.6 is 0 Å². The molecule has 0 saturated heterocycles. The molecule has 0 bridgehead atoms. The van der Waals surface area contributed by atoms with Crippen molar-refractivity contribution in [3.05, 3.63) is 78.2 Å². The van der Waals surface area contributed by atoms with E-state index in [1.807, 2.05) is 37.4 Å². The van der Waals surface area contributed by atoms with Gasteiger partial charge in [0.1, 0.15) is 5.82 Å². The summed E-state index contributed by atoms with van der Waals surface area (Å²) in [5.74, 6) is 0.835. The minimum absolute atomic E-state index is 0.469. The molecule has 2 aromatic carbocycles. The predicted octanol–water partition coefficient (Wildman–Crippen LogP) is 3.88. The molecule has 3 rings (SSSR count). The highest BCUT2D eigenvalue weighted by molar-refractivity contribution is 5.58. The van der Waals surface area contributed by atoms with Crippen LogP contribution in [-0.4, -0.2) is 9.97 Å². The molecule has 0 saturated carbocycles. The molecule has 0 fully saturated rings. The largest absolute Gasteiger partial charge is 0.340 e. The lowest BCUT2D eigenvalue weighted by Crippen LogP contribution is -2.34. The summed E-state index contributed by atoms with van der Waals surface area (Å²) in [6.45, 7) is 2.03. The van der Waals surface area contributed by atoms with Gasteiger partial charge in [0.2, 0.25) is 0 Å². The van der Waals surface area contributed by atoms with Gasteiger partial charge in [-0.1, -0.05) is 60.7 Å². The first-order valence-electron chi connectivity index (χ1n) is 7.59. The third-order valence-electron chi connectivity index (χ3n) is 3.98. The molecule has 3 nitrogen and oxygen atoms in total. The Morgan fingerprint density at radius 1 is 1.00 bits per heavy atom. The van der Waals surface area contributed by atoms with E-state index in [4.69, 9.17) is 5.73 Å². The van der Waals surface area contributed by atoms with Gasteiger partial charge in [0.25, 0.3) is 0 Å². The fraction of sp³-hybridized carbons (Fsp3) is 0.211. The van der Waals surface area contributed by atoms with Crippen LogP contribution in [-0.2, 0) is 12.0 Å². The molecular weight excluding hydrogens is 270 g/mol. The minimum Gasteiger partial charge on any atom is -0.340 e. The third kappa shape index (κ3) is 3.26. The number of aromatic amines is 1. The van der Waals surface area contributed by atoms with Gasteiger partial charge in [-0.15, -0.1) is 0 Å². The SMILES string of the molecule is CC(N)(CCc1ccccc1)c1ncc(-c2ccccc2)[nH]1. The van der Waals surface area contributed by atoms with Crippen molar-refractivity contribution < 1.29 is 0 Å². The van der Waals surface area contributed by atoms with Crippen LogP contribution in [0, 0.1) is 0 Å². The van der Waals surface area contributed by atoms with Gasteiger partial charge in [-0.05, 0) is 30.9 Å². The second-order valence-corrected chi connectivity index (χ2v) is 5.91. The summed E-state index contributed by atoms with van der Waals surface area (Å²) in [4.78, 5) is 7.87. The average molecular weight is 291 g/mol. The van der Waals surface area contributed by atoms with Crippen LogP contribution in [0.1, 0.15) is 24.7 Å². The summed E-state index contributed by atoms with van der Waals surface area (Å²) < 4.78 is 0. The third-order valence-corrected chi connectivity index (χ3v) is 3.98. The van der Waals surface area contributed by atoms with E-state index in [2.05, 4.69) is 46.4 Å². The maximum Gasteiger partial charge on any atom is 0.126 e. The number of aryl methyl sites for hydroxylation is 1. The maximum absolute atomic E-state index is 6.48. The summed E-state index contributed by atoms with van der Waals surface area (Å²) >= 11 is 0. The zero-order valence-electron chi connectivity index (χ0n) is 12.8. The molecule has 3 heteroatoms. The Hall–Kier alpha value is -2.39. The van der Waals surface area contributed by atoms with Crippen molar-refractivity contribution in [3.63, 3.8) is 0 Å². The van der Waals surface area contributed by atoms with Gasteiger partial charge in [0.15, 0.2) is 0 Å². The number of nitrogens with two attached hydrogens (primary N) is 1. The molecule has 22 heavy (non-hydrogen) atoms. The number of hydrogen-bond acceptors (Lipinski definition) is 2. The Balaban J connectivity index is 1.74. The lowest BCUT2D eigenvalue weighted by Gasteiger charge is -2.22. The Labute approximate surface area is 131 Å². The van der Waals surface area contributed by atoms with Crippen LogP contribution in [0.4, 0.5) is 0 Å².